The van der Waals surface area contributed by atoms with Gasteiger partial charge in [-0.15, -0.1) is 0 Å². The van der Waals surface area contributed by atoms with E-state index in [0.29, 0.717) is 6.54 Å². The molecule has 0 atom stereocenters. The summed E-state index contributed by atoms with van der Waals surface area (Å²) in [5.41, 5.74) is 3.03. The summed E-state index contributed by atoms with van der Waals surface area (Å²) in [6, 6.07) is 0. The summed E-state index contributed by atoms with van der Waals surface area (Å²) in [4.78, 5) is 28.9. The van der Waals surface area contributed by atoms with Crippen LogP contribution in [0.2, 0.25) is 0 Å². The van der Waals surface area contributed by atoms with Crippen LogP contribution >= 0.6 is 0 Å². The Labute approximate surface area is 115 Å². The Morgan fingerprint density at radius 1 is 1.35 bits per heavy atom. The molecule has 0 radical (unpaired) electrons. The third kappa shape index (κ3) is 3.31. The summed E-state index contributed by atoms with van der Waals surface area (Å²) in [5, 5.41) is 9.81. The first-order valence-corrected chi connectivity index (χ1v) is 6.41. The smallest absolute Gasteiger partial charge is 0.269 e. The Bertz CT molecular complexity index is 639. The Kier molecular flexibility index (Phi) is 4.29. The van der Waals surface area contributed by atoms with E-state index in [9.17, 15) is 9.59 Å². The predicted molar refractivity (Wildman–Crippen MR) is 73.6 cm³/mol. The highest BCUT2D eigenvalue weighted by molar-refractivity contribution is 5.91. The Hall–Kier alpha value is -2.44. The predicted octanol–water partition coefficient (Wildman–Crippen LogP) is 0.472. The first-order chi connectivity index (χ1) is 9.58. The summed E-state index contributed by atoms with van der Waals surface area (Å²) < 4.78 is 0. The SMILES string of the molecule is Cc1n[nH]c(C)c1CCCNC(=O)c1cncc(=O)[nH]1. The van der Waals surface area contributed by atoms with Crippen molar-refractivity contribution in [3.05, 3.63) is 45.4 Å². The Balaban J connectivity index is 1.82. The molecule has 0 bridgehead atoms. The van der Waals surface area contributed by atoms with Crippen LogP contribution in [0.3, 0.4) is 0 Å². The minimum absolute atomic E-state index is 0.174. The first-order valence-electron chi connectivity index (χ1n) is 6.41. The molecule has 0 fully saturated rings. The summed E-state index contributed by atoms with van der Waals surface area (Å²) in [7, 11) is 0. The van der Waals surface area contributed by atoms with Gasteiger partial charge < -0.3 is 10.3 Å². The molecule has 0 saturated heterocycles. The van der Waals surface area contributed by atoms with Gasteiger partial charge in [0.05, 0.1) is 18.1 Å². The minimum atomic E-state index is -0.387. The molecule has 106 valence electrons. The van der Waals surface area contributed by atoms with E-state index < -0.39 is 0 Å². The molecule has 0 aromatic carbocycles. The van der Waals surface area contributed by atoms with Gasteiger partial charge in [0, 0.05) is 12.2 Å². The standard InChI is InChI=1S/C13H17N5O2/c1-8-10(9(2)18-17-8)4-3-5-15-13(20)11-6-14-7-12(19)16-11/h6-7H,3-5H2,1-2H3,(H,15,20)(H,16,19)(H,17,18). The second-order valence-corrected chi connectivity index (χ2v) is 4.58. The number of aryl methyl sites for hydroxylation is 2. The van der Waals surface area contributed by atoms with Crippen molar-refractivity contribution >= 4 is 5.91 Å². The van der Waals surface area contributed by atoms with Crippen LogP contribution in [-0.2, 0) is 6.42 Å². The zero-order valence-corrected chi connectivity index (χ0v) is 11.5. The highest BCUT2D eigenvalue weighted by atomic mass is 16.2. The fourth-order valence-electron chi connectivity index (χ4n) is 2.00. The molecule has 2 rings (SSSR count). The molecule has 20 heavy (non-hydrogen) atoms. The van der Waals surface area contributed by atoms with Gasteiger partial charge >= 0.3 is 0 Å². The average molecular weight is 275 g/mol. The molecule has 0 saturated carbocycles. The van der Waals surface area contributed by atoms with Gasteiger partial charge in [-0.05, 0) is 32.3 Å². The molecule has 7 nitrogen and oxygen atoms in total. The van der Waals surface area contributed by atoms with Crippen molar-refractivity contribution in [3.8, 4) is 0 Å². The number of aromatic nitrogens is 4. The number of carbonyl (C=O) groups is 1. The number of nitrogens with zero attached hydrogens (tertiary/aromatic N) is 2. The van der Waals surface area contributed by atoms with Crippen molar-refractivity contribution in [1.82, 2.24) is 25.5 Å². The van der Waals surface area contributed by atoms with E-state index in [1.165, 1.54) is 11.8 Å². The zero-order valence-electron chi connectivity index (χ0n) is 11.5. The maximum Gasteiger partial charge on any atom is 0.269 e. The van der Waals surface area contributed by atoms with Crippen LogP contribution in [0.25, 0.3) is 0 Å². The fraction of sp³-hybridized carbons (Fsp3) is 0.385. The van der Waals surface area contributed by atoms with E-state index >= 15 is 0 Å². The largest absolute Gasteiger partial charge is 0.351 e. The van der Waals surface area contributed by atoms with Crippen molar-refractivity contribution in [2.75, 3.05) is 6.54 Å². The molecule has 0 aliphatic carbocycles. The van der Waals surface area contributed by atoms with E-state index in [-0.39, 0.29) is 17.2 Å². The van der Waals surface area contributed by atoms with Crippen LogP contribution in [0.15, 0.2) is 17.2 Å². The maximum absolute atomic E-state index is 11.8. The van der Waals surface area contributed by atoms with Gasteiger partial charge in [0.15, 0.2) is 0 Å². The molecule has 0 spiro atoms. The third-order valence-electron chi connectivity index (χ3n) is 3.07. The highest BCUT2D eigenvalue weighted by Gasteiger charge is 2.08. The van der Waals surface area contributed by atoms with Crippen LogP contribution in [0.4, 0.5) is 0 Å². The number of amides is 1. The monoisotopic (exact) mass is 275 g/mol. The molecule has 2 aromatic rings. The maximum atomic E-state index is 11.8. The number of hydrogen-bond donors (Lipinski definition) is 3. The molecule has 2 aromatic heterocycles. The molecule has 1 amide bonds. The molecule has 7 heteroatoms. The minimum Gasteiger partial charge on any atom is -0.351 e. The summed E-state index contributed by atoms with van der Waals surface area (Å²) in [6.45, 7) is 4.46. The molecule has 0 unspecified atom stereocenters. The van der Waals surface area contributed by atoms with Crippen molar-refractivity contribution in [2.24, 2.45) is 0 Å². The van der Waals surface area contributed by atoms with Gasteiger partial charge in [0.1, 0.15) is 5.69 Å². The molecular weight excluding hydrogens is 258 g/mol. The topological polar surface area (TPSA) is 104 Å². The molecule has 0 aliphatic heterocycles. The third-order valence-corrected chi connectivity index (χ3v) is 3.07. The lowest BCUT2D eigenvalue weighted by Crippen LogP contribution is -2.27. The second kappa shape index (κ2) is 6.14. The van der Waals surface area contributed by atoms with Crippen LogP contribution in [0.5, 0.6) is 0 Å². The van der Waals surface area contributed by atoms with Crippen LogP contribution in [-0.4, -0.2) is 32.6 Å². The lowest BCUT2D eigenvalue weighted by molar-refractivity contribution is 0.0947. The van der Waals surface area contributed by atoms with Crippen molar-refractivity contribution in [1.29, 1.82) is 0 Å². The summed E-state index contributed by atoms with van der Waals surface area (Å²) in [6.07, 6.45) is 4.11. The number of carbonyl (C=O) groups excluding carboxylic acids is 1. The normalized spacial score (nSPS) is 10.5. The number of nitrogens with one attached hydrogen (secondary N) is 3. The molecule has 0 aliphatic rings. The van der Waals surface area contributed by atoms with E-state index in [2.05, 4.69) is 25.5 Å². The lowest BCUT2D eigenvalue weighted by Gasteiger charge is -2.05. The van der Waals surface area contributed by atoms with Gasteiger partial charge in [0.25, 0.3) is 11.5 Å². The van der Waals surface area contributed by atoms with Gasteiger partial charge in [-0.1, -0.05) is 0 Å². The van der Waals surface area contributed by atoms with Crippen LogP contribution in [0, 0.1) is 13.8 Å². The average Bonchev–Trinajstić information content (AvgIpc) is 2.74. The van der Waals surface area contributed by atoms with Gasteiger partial charge in [-0.2, -0.15) is 5.10 Å². The van der Waals surface area contributed by atoms with E-state index in [1.54, 1.807) is 0 Å². The van der Waals surface area contributed by atoms with Crippen molar-refractivity contribution in [3.63, 3.8) is 0 Å². The highest BCUT2D eigenvalue weighted by Crippen LogP contribution is 2.11. The van der Waals surface area contributed by atoms with Crippen molar-refractivity contribution < 1.29 is 4.79 Å². The molecular formula is C13H17N5O2. The number of H-pyrrole nitrogens is 2. The van der Waals surface area contributed by atoms with E-state index in [4.69, 9.17) is 0 Å². The molecule has 3 N–H and O–H groups in total. The van der Waals surface area contributed by atoms with Crippen LogP contribution < -0.4 is 10.9 Å². The lowest BCUT2D eigenvalue weighted by atomic mass is 10.1. The second-order valence-electron chi connectivity index (χ2n) is 4.58. The fourth-order valence-corrected chi connectivity index (χ4v) is 2.00. The quantitative estimate of drug-likeness (QED) is 0.690. The molecule has 2 heterocycles. The van der Waals surface area contributed by atoms with Gasteiger partial charge in [-0.25, -0.2) is 0 Å². The van der Waals surface area contributed by atoms with E-state index in [1.807, 2.05) is 13.8 Å². The number of rotatable bonds is 5. The number of aromatic amines is 2. The van der Waals surface area contributed by atoms with Gasteiger partial charge in [0.2, 0.25) is 0 Å². The van der Waals surface area contributed by atoms with Crippen molar-refractivity contribution in [2.45, 2.75) is 26.7 Å². The Morgan fingerprint density at radius 2 is 2.15 bits per heavy atom. The first kappa shape index (κ1) is 14.0. The van der Waals surface area contributed by atoms with E-state index in [0.717, 1.165) is 30.4 Å². The summed E-state index contributed by atoms with van der Waals surface area (Å²) >= 11 is 0. The van der Waals surface area contributed by atoms with Gasteiger partial charge in [-0.3, -0.25) is 19.7 Å². The van der Waals surface area contributed by atoms with Crippen LogP contribution in [0.1, 0.15) is 33.9 Å². The number of hydrogen-bond acceptors (Lipinski definition) is 4. The Morgan fingerprint density at radius 3 is 2.80 bits per heavy atom. The zero-order chi connectivity index (χ0) is 14.5. The summed E-state index contributed by atoms with van der Waals surface area (Å²) in [5.74, 6) is -0.323.